The number of aryl methyl sites for hydroxylation is 2. The fraction of sp³-hybridized carbons (Fsp3) is 0.417. The van der Waals surface area contributed by atoms with Crippen LogP contribution in [-0.2, 0) is 13.0 Å². The molecule has 27 heavy (non-hydrogen) atoms. The molecule has 2 heterocycles. The Bertz CT molecular complexity index is 1060. The number of aliphatic hydroxyl groups excluding tert-OH is 1. The van der Waals surface area contributed by atoms with Crippen molar-refractivity contribution in [3.8, 4) is 5.75 Å². The molecule has 1 N–H and O–H groups in total. The Balaban J connectivity index is 1.83. The molecule has 1 fully saturated rings. The van der Waals surface area contributed by atoms with Gasteiger partial charge in [-0.05, 0) is 83.5 Å². The molecule has 0 amide bonds. The molecule has 0 aliphatic carbocycles. The number of ether oxygens (including phenoxy) is 1. The summed E-state index contributed by atoms with van der Waals surface area (Å²) in [7, 11) is 1.75. The van der Waals surface area contributed by atoms with E-state index in [2.05, 4.69) is 49.1 Å². The smallest absolute Gasteiger partial charge is 0.122 e. The third-order valence-electron chi connectivity index (χ3n) is 6.63. The van der Waals surface area contributed by atoms with Gasteiger partial charge < -0.3 is 9.84 Å². The molecule has 3 aromatic carbocycles. The van der Waals surface area contributed by atoms with Gasteiger partial charge in [-0.25, -0.2) is 0 Å². The van der Waals surface area contributed by atoms with E-state index in [-0.39, 0.29) is 6.10 Å². The zero-order valence-electron chi connectivity index (χ0n) is 16.4. The number of aliphatic hydroxyl groups is 1. The molecule has 0 radical (unpaired) electrons. The Labute approximate surface area is 160 Å². The van der Waals surface area contributed by atoms with Gasteiger partial charge in [-0.3, -0.25) is 4.90 Å². The van der Waals surface area contributed by atoms with Crippen molar-refractivity contribution in [2.75, 3.05) is 13.7 Å². The summed E-state index contributed by atoms with van der Waals surface area (Å²) in [5, 5.41) is 15.6. The number of benzene rings is 3. The van der Waals surface area contributed by atoms with Crippen LogP contribution in [0, 0.1) is 13.8 Å². The number of hydrogen-bond donors (Lipinski definition) is 1. The second kappa shape index (κ2) is 6.22. The van der Waals surface area contributed by atoms with Crippen LogP contribution in [0.1, 0.15) is 35.1 Å². The average Bonchev–Trinajstić information content (AvgIpc) is 2.66. The van der Waals surface area contributed by atoms with Crippen LogP contribution >= 0.6 is 0 Å². The van der Waals surface area contributed by atoms with Crippen LogP contribution in [0.5, 0.6) is 5.75 Å². The maximum absolute atomic E-state index is 10.2. The highest BCUT2D eigenvalue weighted by molar-refractivity contribution is 6.11. The minimum Gasteiger partial charge on any atom is -0.496 e. The van der Waals surface area contributed by atoms with Gasteiger partial charge in [0, 0.05) is 19.1 Å². The van der Waals surface area contributed by atoms with Gasteiger partial charge in [0.25, 0.3) is 0 Å². The molecule has 2 atom stereocenters. The minimum atomic E-state index is -0.154. The highest BCUT2D eigenvalue weighted by Crippen LogP contribution is 2.41. The summed E-state index contributed by atoms with van der Waals surface area (Å²) >= 11 is 0. The first-order valence-corrected chi connectivity index (χ1v) is 9.99. The van der Waals surface area contributed by atoms with E-state index >= 15 is 0 Å². The Morgan fingerprint density at radius 1 is 1.00 bits per heavy atom. The summed E-state index contributed by atoms with van der Waals surface area (Å²) in [4.78, 5) is 2.58. The lowest BCUT2D eigenvalue weighted by molar-refractivity contribution is 0.0322. The predicted octanol–water partition coefficient (Wildman–Crippen LogP) is 4.50. The Morgan fingerprint density at radius 3 is 2.63 bits per heavy atom. The Hall–Kier alpha value is -2.10. The first-order valence-electron chi connectivity index (χ1n) is 9.99. The fourth-order valence-electron chi connectivity index (χ4n) is 5.20. The zero-order valence-corrected chi connectivity index (χ0v) is 16.4. The van der Waals surface area contributed by atoms with Crippen LogP contribution < -0.4 is 4.74 Å². The molecule has 3 aromatic rings. The van der Waals surface area contributed by atoms with Crippen molar-refractivity contribution in [1.82, 2.24) is 4.90 Å². The summed E-state index contributed by atoms with van der Waals surface area (Å²) < 4.78 is 5.65. The molecule has 0 spiro atoms. The van der Waals surface area contributed by atoms with Crippen LogP contribution in [0.3, 0.4) is 0 Å². The predicted molar refractivity (Wildman–Crippen MR) is 111 cm³/mol. The molecule has 0 unspecified atom stereocenters. The SMILES string of the molecule is COc1cc2c3c(c4ccc(C)cc4c2cc1C)CN1CC[C@@H](O)C[C@@H]1C3. The number of fused-ring (bicyclic) bond motifs is 7. The highest BCUT2D eigenvalue weighted by atomic mass is 16.5. The number of hydrogen-bond acceptors (Lipinski definition) is 3. The molecule has 1 saturated heterocycles. The third kappa shape index (κ3) is 2.64. The molecular weight excluding hydrogens is 334 g/mol. The van der Waals surface area contributed by atoms with E-state index in [0.29, 0.717) is 6.04 Å². The molecule has 5 rings (SSSR count). The first-order chi connectivity index (χ1) is 13.0. The monoisotopic (exact) mass is 361 g/mol. The summed E-state index contributed by atoms with van der Waals surface area (Å²) in [5.41, 5.74) is 5.40. The summed E-state index contributed by atoms with van der Waals surface area (Å²) in [6.45, 7) is 6.27. The third-order valence-corrected chi connectivity index (χ3v) is 6.63. The lowest BCUT2D eigenvalue weighted by Gasteiger charge is -2.42. The van der Waals surface area contributed by atoms with E-state index in [1.54, 1.807) is 7.11 Å². The molecule has 0 saturated carbocycles. The van der Waals surface area contributed by atoms with E-state index < -0.39 is 0 Å². The molecule has 140 valence electrons. The van der Waals surface area contributed by atoms with Gasteiger partial charge in [-0.2, -0.15) is 0 Å². The average molecular weight is 361 g/mol. The standard InChI is InChI=1S/C24H27NO2/c1-14-4-5-18-19(8-14)20-9-15(2)24(27-3)12-22(20)21-11-16-10-17(26)6-7-25(16)13-23(18)21/h4-5,8-9,12,16-17,26H,6-7,10-11,13H2,1-3H3/t16-,17-/m1/s1. The lowest BCUT2D eigenvalue weighted by Crippen LogP contribution is -2.47. The minimum absolute atomic E-state index is 0.154. The summed E-state index contributed by atoms with van der Waals surface area (Å²) in [6.07, 6.45) is 2.64. The van der Waals surface area contributed by atoms with Crippen LogP contribution in [0.2, 0.25) is 0 Å². The number of rotatable bonds is 1. The number of nitrogens with zero attached hydrogens (tertiary/aromatic N) is 1. The van der Waals surface area contributed by atoms with E-state index in [1.165, 1.54) is 43.8 Å². The van der Waals surface area contributed by atoms with Gasteiger partial charge >= 0.3 is 0 Å². The Morgan fingerprint density at radius 2 is 1.81 bits per heavy atom. The topological polar surface area (TPSA) is 32.7 Å². The summed E-state index contributed by atoms with van der Waals surface area (Å²) in [6, 6.07) is 11.8. The van der Waals surface area contributed by atoms with Crippen molar-refractivity contribution in [3.05, 3.63) is 52.6 Å². The molecular formula is C24H27NO2. The lowest BCUT2D eigenvalue weighted by atomic mass is 9.81. The second-order valence-corrected chi connectivity index (χ2v) is 8.38. The largest absolute Gasteiger partial charge is 0.496 e. The normalized spacial score (nSPS) is 22.7. The van der Waals surface area contributed by atoms with Crippen molar-refractivity contribution >= 4 is 21.5 Å². The molecule has 2 aliphatic rings. The van der Waals surface area contributed by atoms with Crippen molar-refractivity contribution < 1.29 is 9.84 Å². The van der Waals surface area contributed by atoms with Gasteiger partial charge in [-0.15, -0.1) is 0 Å². The zero-order chi connectivity index (χ0) is 18.7. The van der Waals surface area contributed by atoms with E-state index in [1.807, 2.05) is 0 Å². The fourth-order valence-corrected chi connectivity index (χ4v) is 5.20. The van der Waals surface area contributed by atoms with Crippen molar-refractivity contribution in [2.45, 2.75) is 51.8 Å². The van der Waals surface area contributed by atoms with E-state index in [0.717, 1.165) is 38.1 Å². The van der Waals surface area contributed by atoms with Crippen LogP contribution in [-0.4, -0.2) is 35.8 Å². The second-order valence-electron chi connectivity index (χ2n) is 8.38. The molecule has 3 heteroatoms. The molecule has 3 nitrogen and oxygen atoms in total. The van der Waals surface area contributed by atoms with Gasteiger partial charge in [0.2, 0.25) is 0 Å². The molecule has 0 bridgehead atoms. The van der Waals surface area contributed by atoms with Crippen LogP contribution in [0.4, 0.5) is 0 Å². The summed E-state index contributed by atoms with van der Waals surface area (Å²) in [5.74, 6) is 0.961. The van der Waals surface area contributed by atoms with E-state index in [9.17, 15) is 5.11 Å². The van der Waals surface area contributed by atoms with Crippen molar-refractivity contribution in [1.29, 1.82) is 0 Å². The maximum atomic E-state index is 10.2. The molecule has 0 aromatic heterocycles. The van der Waals surface area contributed by atoms with Gasteiger partial charge in [0.05, 0.1) is 13.2 Å². The quantitative estimate of drug-likeness (QED) is 0.648. The first kappa shape index (κ1) is 17.0. The maximum Gasteiger partial charge on any atom is 0.122 e. The number of piperidine rings is 1. The number of methoxy groups -OCH3 is 1. The van der Waals surface area contributed by atoms with Gasteiger partial charge in [0.1, 0.15) is 5.75 Å². The highest BCUT2D eigenvalue weighted by Gasteiger charge is 2.33. The van der Waals surface area contributed by atoms with Gasteiger partial charge in [0.15, 0.2) is 0 Å². The van der Waals surface area contributed by atoms with Crippen LogP contribution in [0.25, 0.3) is 21.5 Å². The van der Waals surface area contributed by atoms with Crippen LogP contribution in [0.15, 0.2) is 30.3 Å². The molecule has 2 aliphatic heterocycles. The Kier molecular flexibility index (Phi) is 3.92. The van der Waals surface area contributed by atoms with Crippen molar-refractivity contribution in [3.63, 3.8) is 0 Å². The van der Waals surface area contributed by atoms with Crippen molar-refractivity contribution in [2.24, 2.45) is 0 Å². The van der Waals surface area contributed by atoms with Gasteiger partial charge in [-0.1, -0.05) is 23.8 Å². The van der Waals surface area contributed by atoms with E-state index in [4.69, 9.17) is 4.74 Å².